The van der Waals surface area contributed by atoms with E-state index >= 15 is 0 Å². The highest BCUT2D eigenvalue weighted by molar-refractivity contribution is 5.64. The Morgan fingerprint density at radius 3 is 2.21 bits per heavy atom. The largest absolute Gasteiger partial charge is 0.192 e. The van der Waals surface area contributed by atoms with Crippen LogP contribution in [0.5, 0.6) is 0 Å². The summed E-state index contributed by atoms with van der Waals surface area (Å²) in [4.78, 5) is 0. The van der Waals surface area contributed by atoms with Gasteiger partial charge in [-0.1, -0.05) is 55.0 Å². The van der Waals surface area contributed by atoms with E-state index in [9.17, 15) is 0 Å². The minimum absolute atomic E-state index is 0.721. The molecule has 0 heterocycles. The van der Waals surface area contributed by atoms with E-state index in [4.69, 9.17) is 5.26 Å². The van der Waals surface area contributed by atoms with E-state index < -0.39 is 0 Å². The van der Waals surface area contributed by atoms with Gasteiger partial charge in [0.25, 0.3) is 0 Å². The molecule has 0 spiro atoms. The predicted octanol–water partition coefficient (Wildman–Crippen LogP) is 7.88. The third kappa shape index (κ3) is 4.81. The lowest BCUT2D eigenvalue weighted by molar-refractivity contribution is 0.115. The Morgan fingerprint density at radius 1 is 0.862 bits per heavy atom. The molecule has 150 valence electrons. The van der Waals surface area contributed by atoms with E-state index in [1.54, 1.807) is 0 Å². The van der Waals surface area contributed by atoms with Crippen LogP contribution in [0.1, 0.15) is 75.3 Å². The zero-order chi connectivity index (χ0) is 20.1. The summed E-state index contributed by atoms with van der Waals surface area (Å²) < 4.78 is 0. The first-order chi connectivity index (χ1) is 14.3. The van der Waals surface area contributed by atoms with E-state index in [0.717, 1.165) is 29.2 Å². The van der Waals surface area contributed by atoms with Gasteiger partial charge in [0.15, 0.2) is 0 Å². The van der Waals surface area contributed by atoms with Gasteiger partial charge in [-0.3, -0.25) is 0 Å². The molecule has 0 saturated heterocycles. The van der Waals surface area contributed by atoms with Crippen LogP contribution < -0.4 is 0 Å². The van der Waals surface area contributed by atoms with E-state index in [2.05, 4.69) is 49.4 Å². The van der Waals surface area contributed by atoms with Crippen LogP contribution in [0.3, 0.4) is 0 Å². The molecule has 4 unspecified atom stereocenters. The minimum Gasteiger partial charge on any atom is -0.192 e. The zero-order valence-electron chi connectivity index (χ0n) is 17.7. The second kappa shape index (κ2) is 9.45. The first-order valence-corrected chi connectivity index (χ1v) is 11.5. The quantitative estimate of drug-likeness (QED) is 0.482. The summed E-state index contributed by atoms with van der Waals surface area (Å²) in [6.07, 6.45) is 15.8. The van der Waals surface area contributed by atoms with Crippen LogP contribution in [0.4, 0.5) is 0 Å². The maximum absolute atomic E-state index is 8.97. The molecule has 4 atom stereocenters. The number of benzene rings is 2. The van der Waals surface area contributed by atoms with Crippen molar-refractivity contribution in [1.82, 2.24) is 0 Å². The van der Waals surface area contributed by atoms with Crippen molar-refractivity contribution in [1.29, 1.82) is 5.26 Å². The summed E-state index contributed by atoms with van der Waals surface area (Å²) in [6, 6.07) is 19.3. The number of hydrogen-bond donors (Lipinski definition) is 0. The van der Waals surface area contributed by atoms with Crippen LogP contribution in [0.2, 0.25) is 0 Å². The molecule has 0 aliphatic heterocycles. The van der Waals surface area contributed by atoms with Crippen molar-refractivity contribution in [3.8, 4) is 17.2 Å². The van der Waals surface area contributed by atoms with E-state index in [1.165, 1.54) is 68.1 Å². The fourth-order valence-corrected chi connectivity index (χ4v) is 5.73. The molecule has 2 saturated carbocycles. The minimum atomic E-state index is 0.721. The smallest absolute Gasteiger partial charge is 0.0991 e. The molecule has 2 aromatic rings. The van der Waals surface area contributed by atoms with Gasteiger partial charge in [-0.2, -0.15) is 5.26 Å². The number of nitrogens with zero attached hydrogens (tertiary/aromatic N) is 1. The molecular formula is C28H33N. The van der Waals surface area contributed by atoms with E-state index in [-0.39, 0.29) is 0 Å². The number of fused-ring (bicyclic) bond motifs is 1. The molecular weight excluding hydrogens is 350 g/mol. The first-order valence-electron chi connectivity index (χ1n) is 11.5. The Morgan fingerprint density at radius 2 is 1.52 bits per heavy atom. The Bertz CT molecular complexity index is 853. The number of allylic oxidation sites excluding steroid dienone is 2. The van der Waals surface area contributed by atoms with E-state index in [1.807, 2.05) is 24.3 Å². The Hall–Kier alpha value is -2.33. The molecule has 0 bridgehead atoms. The van der Waals surface area contributed by atoms with Crippen LogP contribution >= 0.6 is 0 Å². The molecule has 2 aromatic carbocycles. The van der Waals surface area contributed by atoms with Crippen molar-refractivity contribution in [2.45, 2.75) is 64.2 Å². The molecule has 0 N–H and O–H groups in total. The monoisotopic (exact) mass is 383 g/mol. The predicted molar refractivity (Wildman–Crippen MR) is 122 cm³/mol. The van der Waals surface area contributed by atoms with Crippen molar-refractivity contribution in [2.75, 3.05) is 0 Å². The maximum Gasteiger partial charge on any atom is 0.0991 e. The molecule has 2 aliphatic rings. The van der Waals surface area contributed by atoms with Gasteiger partial charge < -0.3 is 0 Å². The van der Waals surface area contributed by atoms with Crippen LogP contribution in [-0.2, 0) is 0 Å². The normalized spacial score (nSPS) is 26.8. The lowest BCUT2D eigenvalue weighted by Crippen LogP contribution is -2.30. The molecule has 1 heteroatoms. The average molecular weight is 384 g/mol. The number of rotatable bonds is 5. The van der Waals surface area contributed by atoms with Crippen LogP contribution in [0, 0.1) is 29.1 Å². The van der Waals surface area contributed by atoms with Crippen LogP contribution in [-0.4, -0.2) is 0 Å². The molecule has 0 aromatic heterocycles. The van der Waals surface area contributed by atoms with Crippen LogP contribution in [0.15, 0.2) is 60.7 Å². The van der Waals surface area contributed by atoms with Gasteiger partial charge in [0.2, 0.25) is 0 Å². The highest BCUT2D eigenvalue weighted by Crippen LogP contribution is 2.48. The van der Waals surface area contributed by atoms with Crippen molar-refractivity contribution < 1.29 is 0 Å². The second-order valence-corrected chi connectivity index (χ2v) is 9.17. The van der Waals surface area contributed by atoms with Crippen LogP contribution in [0.25, 0.3) is 11.1 Å². The van der Waals surface area contributed by atoms with Gasteiger partial charge in [0.05, 0.1) is 11.6 Å². The third-order valence-electron chi connectivity index (χ3n) is 7.43. The summed E-state index contributed by atoms with van der Waals surface area (Å²) in [5, 5.41) is 8.97. The SMILES string of the molecule is C/C=C/CCC1CCC2CC(c3ccc(-c4ccc(C#N)cc4)cc3)CCC2C1. The van der Waals surface area contributed by atoms with Gasteiger partial charge in [-0.25, -0.2) is 0 Å². The maximum atomic E-state index is 8.97. The Labute approximate surface area is 176 Å². The van der Waals surface area contributed by atoms with Crippen molar-refractivity contribution >= 4 is 0 Å². The second-order valence-electron chi connectivity index (χ2n) is 9.17. The molecule has 0 radical (unpaired) electrons. The van der Waals surface area contributed by atoms with Gasteiger partial charge in [-0.15, -0.1) is 0 Å². The zero-order valence-corrected chi connectivity index (χ0v) is 17.7. The van der Waals surface area contributed by atoms with Crippen molar-refractivity contribution in [3.05, 3.63) is 71.8 Å². The van der Waals surface area contributed by atoms with Crippen molar-refractivity contribution in [3.63, 3.8) is 0 Å². The third-order valence-corrected chi connectivity index (χ3v) is 7.43. The summed E-state index contributed by atoms with van der Waals surface area (Å²) >= 11 is 0. The summed E-state index contributed by atoms with van der Waals surface area (Å²) in [5.41, 5.74) is 4.68. The lowest BCUT2D eigenvalue weighted by Gasteiger charge is -2.42. The summed E-state index contributed by atoms with van der Waals surface area (Å²) in [6.45, 7) is 2.13. The molecule has 1 nitrogen and oxygen atoms in total. The Balaban J connectivity index is 1.35. The van der Waals surface area contributed by atoms with Gasteiger partial charge in [0, 0.05) is 0 Å². The fourth-order valence-electron chi connectivity index (χ4n) is 5.73. The molecule has 2 fully saturated rings. The topological polar surface area (TPSA) is 23.8 Å². The average Bonchev–Trinajstić information content (AvgIpc) is 2.79. The molecule has 29 heavy (non-hydrogen) atoms. The summed E-state index contributed by atoms with van der Waals surface area (Å²) in [5.74, 6) is 3.64. The number of hydrogen-bond acceptors (Lipinski definition) is 1. The standard InChI is InChI=1S/C28H33N/c1-2-3-4-5-21-6-11-28-19-27(17-16-26(28)18-21)25-14-12-24(13-15-25)23-9-7-22(20-29)8-10-23/h2-3,7-10,12-15,21,26-28H,4-6,11,16-19H2,1H3/b3-2+. The molecule has 2 aliphatic carbocycles. The lowest BCUT2D eigenvalue weighted by atomic mass is 9.63. The van der Waals surface area contributed by atoms with Gasteiger partial charge in [0.1, 0.15) is 0 Å². The molecule has 4 rings (SSSR count). The number of nitriles is 1. The highest BCUT2D eigenvalue weighted by Gasteiger charge is 2.35. The van der Waals surface area contributed by atoms with E-state index in [0.29, 0.717) is 0 Å². The highest BCUT2D eigenvalue weighted by atomic mass is 14.4. The molecule has 0 amide bonds. The summed E-state index contributed by atoms with van der Waals surface area (Å²) in [7, 11) is 0. The first kappa shape index (κ1) is 20.0. The fraction of sp³-hybridized carbons (Fsp3) is 0.464. The van der Waals surface area contributed by atoms with Crippen molar-refractivity contribution in [2.24, 2.45) is 17.8 Å². The van der Waals surface area contributed by atoms with Gasteiger partial charge >= 0.3 is 0 Å². The Kier molecular flexibility index (Phi) is 6.50. The van der Waals surface area contributed by atoms with Gasteiger partial charge in [-0.05, 0) is 104 Å².